The monoisotopic (exact) mass is 255 g/mol. The zero-order valence-electron chi connectivity index (χ0n) is 12.4. The van der Waals surface area contributed by atoms with Gasteiger partial charge in [0.15, 0.2) is 0 Å². The van der Waals surface area contributed by atoms with Crippen molar-refractivity contribution >= 4 is 0 Å². The van der Waals surface area contributed by atoms with Gasteiger partial charge in [-0.15, -0.1) is 0 Å². The van der Waals surface area contributed by atoms with E-state index < -0.39 is 0 Å². The Balaban J connectivity index is 1.83. The molecule has 4 nitrogen and oxygen atoms in total. The van der Waals surface area contributed by atoms with E-state index in [4.69, 9.17) is 4.74 Å². The summed E-state index contributed by atoms with van der Waals surface area (Å²) in [6, 6.07) is 1.17. The van der Waals surface area contributed by atoms with E-state index >= 15 is 0 Å². The van der Waals surface area contributed by atoms with Gasteiger partial charge in [-0.1, -0.05) is 0 Å². The van der Waals surface area contributed by atoms with E-state index in [1.54, 1.807) is 0 Å². The first-order valence-electron chi connectivity index (χ1n) is 7.25. The molecule has 0 saturated carbocycles. The maximum Gasteiger partial charge on any atom is 0.0620 e. The lowest BCUT2D eigenvalue weighted by Gasteiger charge is -2.48. The normalized spacial score (nSPS) is 32.3. The van der Waals surface area contributed by atoms with Gasteiger partial charge in [0.05, 0.1) is 13.2 Å². The van der Waals surface area contributed by atoms with Crippen LogP contribution in [0.15, 0.2) is 0 Å². The average molecular weight is 255 g/mol. The van der Waals surface area contributed by atoms with Crippen molar-refractivity contribution in [3.8, 4) is 0 Å². The largest absolute Gasteiger partial charge is 0.379 e. The number of likely N-dealkylation sites (N-methyl/N-ethyl adjacent to an activating group) is 1. The zero-order valence-corrected chi connectivity index (χ0v) is 12.4. The van der Waals surface area contributed by atoms with Crippen LogP contribution >= 0.6 is 0 Å². The molecule has 1 N–H and O–H groups in total. The number of nitrogens with one attached hydrogen (secondary N) is 1. The summed E-state index contributed by atoms with van der Waals surface area (Å²) in [4.78, 5) is 5.11. The van der Waals surface area contributed by atoms with E-state index in [2.05, 4.69) is 42.9 Å². The average Bonchev–Trinajstić information content (AvgIpc) is 2.34. The first-order chi connectivity index (χ1) is 8.49. The Labute approximate surface area is 112 Å². The maximum atomic E-state index is 5.54. The van der Waals surface area contributed by atoms with Crippen molar-refractivity contribution in [3.05, 3.63) is 0 Å². The number of nitrogens with zero attached hydrogens (tertiary/aromatic N) is 2. The number of piperazine rings is 1. The quantitative estimate of drug-likeness (QED) is 0.806. The van der Waals surface area contributed by atoms with E-state index in [0.29, 0.717) is 17.6 Å². The summed E-state index contributed by atoms with van der Waals surface area (Å²) in [5.74, 6) is 0. The molecule has 106 valence electrons. The zero-order chi connectivity index (χ0) is 13.2. The Bertz CT molecular complexity index is 264. The molecule has 2 heterocycles. The molecule has 2 atom stereocenters. The second-order valence-corrected chi connectivity index (χ2v) is 6.52. The highest BCUT2D eigenvalue weighted by molar-refractivity contribution is 4.91. The number of rotatable bonds is 3. The third kappa shape index (κ3) is 3.44. The molecule has 0 aromatic carbocycles. The van der Waals surface area contributed by atoms with E-state index in [1.165, 1.54) is 19.5 Å². The Hall–Kier alpha value is -0.160. The summed E-state index contributed by atoms with van der Waals surface area (Å²) in [5.41, 5.74) is 0.295. The van der Waals surface area contributed by atoms with Gasteiger partial charge in [-0.3, -0.25) is 9.80 Å². The molecule has 2 unspecified atom stereocenters. The van der Waals surface area contributed by atoms with Gasteiger partial charge in [-0.2, -0.15) is 0 Å². The molecule has 2 aliphatic heterocycles. The first kappa shape index (κ1) is 14.3. The molecule has 0 aromatic rings. The molecule has 0 spiro atoms. The van der Waals surface area contributed by atoms with Gasteiger partial charge in [0, 0.05) is 43.8 Å². The molecule has 2 saturated heterocycles. The minimum Gasteiger partial charge on any atom is -0.379 e. The first-order valence-corrected chi connectivity index (χ1v) is 7.25. The van der Waals surface area contributed by atoms with E-state index in [0.717, 1.165) is 26.3 Å². The molecule has 0 aromatic heterocycles. The summed E-state index contributed by atoms with van der Waals surface area (Å²) in [6.07, 6.45) is 1.19. The Morgan fingerprint density at radius 2 is 2.17 bits per heavy atom. The minimum absolute atomic E-state index is 0.295. The van der Waals surface area contributed by atoms with Gasteiger partial charge >= 0.3 is 0 Å². The van der Waals surface area contributed by atoms with Crippen LogP contribution in [0.2, 0.25) is 0 Å². The van der Waals surface area contributed by atoms with Crippen molar-refractivity contribution in [3.63, 3.8) is 0 Å². The van der Waals surface area contributed by atoms with Gasteiger partial charge < -0.3 is 10.1 Å². The summed E-state index contributed by atoms with van der Waals surface area (Å²) in [7, 11) is 2.23. The fraction of sp³-hybridized carbons (Fsp3) is 1.00. The van der Waals surface area contributed by atoms with Crippen LogP contribution in [0.3, 0.4) is 0 Å². The molecule has 18 heavy (non-hydrogen) atoms. The summed E-state index contributed by atoms with van der Waals surface area (Å²) in [5, 5.41) is 3.56. The Morgan fingerprint density at radius 3 is 2.78 bits per heavy atom. The van der Waals surface area contributed by atoms with E-state index in [9.17, 15) is 0 Å². The Kier molecular flexibility index (Phi) is 4.64. The lowest BCUT2D eigenvalue weighted by atomic mass is 9.97. The van der Waals surface area contributed by atoms with Crippen LogP contribution in [0.4, 0.5) is 0 Å². The predicted octanol–water partition coefficient (Wildman–Crippen LogP) is 0.779. The van der Waals surface area contributed by atoms with Crippen LogP contribution in [0.1, 0.15) is 27.2 Å². The van der Waals surface area contributed by atoms with Crippen molar-refractivity contribution in [1.29, 1.82) is 0 Å². The SMILES string of the molecule is CC(CC1COCCN1)N1CCN(C)C(C)(C)C1. The van der Waals surface area contributed by atoms with Crippen molar-refractivity contribution in [2.75, 3.05) is 46.4 Å². The van der Waals surface area contributed by atoms with Crippen LogP contribution < -0.4 is 5.32 Å². The van der Waals surface area contributed by atoms with Crippen molar-refractivity contribution in [2.45, 2.75) is 44.8 Å². The summed E-state index contributed by atoms with van der Waals surface area (Å²) >= 11 is 0. The van der Waals surface area contributed by atoms with Gasteiger partial charge in [-0.25, -0.2) is 0 Å². The number of ether oxygens (including phenoxy) is 1. The molecule has 2 aliphatic rings. The maximum absolute atomic E-state index is 5.54. The smallest absolute Gasteiger partial charge is 0.0620 e. The highest BCUT2D eigenvalue weighted by Crippen LogP contribution is 2.22. The molecule has 0 amide bonds. The van der Waals surface area contributed by atoms with Crippen molar-refractivity contribution in [2.24, 2.45) is 0 Å². The molecular formula is C14H29N3O. The minimum atomic E-state index is 0.295. The predicted molar refractivity (Wildman–Crippen MR) is 75.0 cm³/mol. The molecule has 0 radical (unpaired) electrons. The van der Waals surface area contributed by atoms with Crippen molar-refractivity contribution < 1.29 is 4.74 Å². The molecule has 4 heteroatoms. The summed E-state index contributed by atoms with van der Waals surface area (Å²) < 4.78 is 5.54. The van der Waals surface area contributed by atoms with Crippen LogP contribution in [0, 0.1) is 0 Å². The van der Waals surface area contributed by atoms with E-state index in [1.807, 2.05) is 0 Å². The molecule has 0 aliphatic carbocycles. The molecule has 2 fully saturated rings. The second-order valence-electron chi connectivity index (χ2n) is 6.52. The van der Waals surface area contributed by atoms with Gasteiger partial charge in [0.1, 0.15) is 0 Å². The number of morpholine rings is 1. The highest BCUT2D eigenvalue weighted by Gasteiger charge is 2.33. The number of hydrogen-bond acceptors (Lipinski definition) is 4. The number of hydrogen-bond donors (Lipinski definition) is 1. The topological polar surface area (TPSA) is 27.7 Å². The van der Waals surface area contributed by atoms with Gasteiger partial charge in [-0.05, 0) is 34.2 Å². The van der Waals surface area contributed by atoms with Crippen LogP contribution in [-0.4, -0.2) is 73.9 Å². The van der Waals surface area contributed by atoms with Gasteiger partial charge in [0.25, 0.3) is 0 Å². The molecule has 2 rings (SSSR count). The lowest BCUT2D eigenvalue weighted by molar-refractivity contribution is 0.00825. The highest BCUT2D eigenvalue weighted by atomic mass is 16.5. The van der Waals surface area contributed by atoms with Gasteiger partial charge in [0.2, 0.25) is 0 Å². The third-order valence-electron chi connectivity index (χ3n) is 4.59. The van der Waals surface area contributed by atoms with Crippen molar-refractivity contribution in [1.82, 2.24) is 15.1 Å². The fourth-order valence-corrected chi connectivity index (χ4v) is 2.99. The Morgan fingerprint density at radius 1 is 1.39 bits per heavy atom. The molecule has 0 bridgehead atoms. The molecular weight excluding hydrogens is 226 g/mol. The summed E-state index contributed by atoms with van der Waals surface area (Å²) in [6.45, 7) is 13.3. The van der Waals surface area contributed by atoms with Crippen LogP contribution in [0.5, 0.6) is 0 Å². The lowest BCUT2D eigenvalue weighted by Crippen LogP contribution is -2.60. The van der Waals surface area contributed by atoms with Crippen LogP contribution in [-0.2, 0) is 4.74 Å². The second kappa shape index (κ2) is 5.87. The third-order valence-corrected chi connectivity index (χ3v) is 4.59. The standard InChI is InChI=1S/C14H29N3O/c1-12(9-13-10-18-8-5-15-13)17-7-6-16(4)14(2,3)11-17/h12-13,15H,5-11H2,1-4H3. The van der Waals surface area contributed by atoms with Crippen LogP contribution in [0.25, 0.3) is 0 Å². The fourth-order valence-electron chi connectivity index (χ4n) is 2.99. The van der Waals surface area contributed by atoms with E-state index in [-0.39, 0.29) is 0 Å².